The quantitative estimate of drug-likeness (QED) is 0.457. The molecule has 0 fully saturated rings. The molecule has 0 unspecified atom stereocenters. The molecule has 0 aliphatic rings. The zero-order chi connectivity index (χ0) is 9.84. The standard InChI is InChI=1S/C9H8O4.Ca.H2O.2H/c1-6(10)13-8-5-3-2-4-7(8)9(11)12;;;;/h2-5H,1H3,(H,11,12);;1H2;;/q;+2;;2*-1. The van der Waals surface area contributed by atoms with Crippen molar-refractivity contribution in [2.24, 2.45) is 0 Å². The van der Waals surface area contributed by atoms with E-state index in [1.54, 1.807) is 12.1 Å². The Kier molecular flexibility index (Phi) is 8.56. The van der Waals surface area contributed by atoms with Crippen LogP contribution in [0.4, 0.5) is 0 Å². The van der Waals surface area contributed by atoms with Crippen LogP contribution in [0.2, 0.25) is 0 Å². The Labute approximate surface area is 119 Å². The molecule has 0 spiro atoms. The van der Waals surface area contributed by atoms with Gasteiger partial charge in [0.15, 0.2) is 0 Å². The Hall–Kier alpha value is -0.620. The average molecular weight is 240 g/mol. The Morgan fingerprint density at radius 1 is 1.33 bits per heavy atom. The Balaban J connectivity index is -0.000000211. The predicted octanol–water partition coefficient (Wildman–Crippen LogP) is 0.330. The molecule has 1 aromatic carbocycles. The number of rotatable bonds is 2. The zero-order valence-electron chi connectivity index (χ0n) is 10.2. The number of carbonyl (C=O) groups excluding carboxylic acids is 1. The van der Waals surface area contributed by atoms with E-state index in [0.29, 0.717) is 0 Å². The molecule has 1 aromatic rings. The summed E-state index contributed by atoms with van der Waals surface area (Å²) in [5.41, 5.74) is -0.0160. The minimum Gasteiger partial charge on any atom is -1.00 e. The van der Waals surface area contributed by atoms with E-state index in [4.69, 9.17) is 5.11 Å². The summed E-state index contributed by atoms with van der Waals surface area (Å²) in [7, 11) is 0. The molecule has 0 aliphatic heterocycles. The second-order valence-corrected chi connectivity index (χ2v) is 2.39. The number of carboxylic acid groups (broad SMARTS) is 1. The molecule has 0 radical (unpaired) electrons. The van der Waals surface area contributed by atoms with Crippen LogP contribution < -0.4 is 4.74 Å². The van der Waals surface area contributed by atoms with Gasteiger partial charge in [-0.3, -0.25) is 4.79 Å². The minimum atomic E-state index is -1.11. The summed E-state index contributed by atoms with van der Waals surface area (Å²) >= 11 is 0. The topological polar surface area (TPSA) is 95.1 Å². The van der Waals surface area contributed by atoms with E-state index < -0.39 is 11.9 Å². The summed E-state index contributed by atoms with van der Waals surface area (Å²) in [6.45, 7) is 1.22. The van der Waals surface area contributed by atoms with Crippen molar-refractivity contribution in [2.45, 2.75) is 6.92 Å². The normalized spacial score (nSPS) is 8.07. The van der Waals surface area contributed by atoms with Gasteiger partial charge in [-0.05, 0) is 12.1 Å². The van der Waals surface area contributed by atoms with Gasteiger partial charge in [0.2, 0.25) is 0 Å². The first-order valence-corrected chi connectivity index (χ1v) is 3.62. The van der Waals surface area contributed by atoms with Gasteiger partial charge >= 0.3 is 49.7 Å². The molecule has 0 aliphatic carbocycles. The second kappa shape index (κ2) is 7.64. The molecule has 0 bridgehead atoms. The van der Waals surface area contributed by atoms with Crippen molar-refractivity contribution in [3.05, 3.63) is 29.8 Å². The van der Waals surface area contributed by atoms with Crippen molar-refractivity contribution in [1.82, 2.24) is 0 Å². The van der Waals surface area contributed by atoms with Crippen molar-refractivity contribution in [2.75, 3.05) is 0 Å². The van der Waals surface area contributed by atoms with E-state index in [2.05, 4.69) is 4.74 Å². The van der Waals surface area contributed by atoms with Crippen LogP contribution in [0.25, 0.3) is 0 Å². The van der Waals surface area contributed by atoms with Crippen molar-refractivity contribution >= 4 is 49.7 Å². The number of benzene rings is 1. The predicted molar refractivity (Wildman–Crippen MR) is 56.3 cm³/mol. The number of carbonyl (C=O) groups is 2. The fourth-order valence-corrected chi connectivity index (χ4v) is 0.887. The molecular formula is C9H12CaO5. The smallest absolute Gasteiger partial charge is 1.00 e. The number of esters is 1. The molecule has 5 nitrogen and oxygen atoms in total. The van der Waals surface area contributed by atoms with E-state index in [1.165, 1.54) is 19.1 Å². The largest absolute Gasteiger partial charge is 2.00 e. The average Bonchev–Trinajstić information content (AvgIpc) is 2.03. The third kappa shape index (κ3) is 5.13. The summed E-state index contributed by atoms with van der Waals surface area (Å²) in [6.07, 6.45) is 0. The number of hydrogen-bond donors (Lipinski definition) is 1. The molecule has 80 valence electrons. The van der Waals surface area contributed by atoms with Crippen LogP contribution in [0.5, 0.6) is 5.75 Å². The van der Waals surface area contributed by atoms with Crippen LogP contribution in [0.15, 0.2) is 24.3 Å². The Morgan fingerprint density at radius 2 is 1.87 bits per heavy atom. The van der Waals surface area contributed by atoms with Gasteiger partial charge in [0.05, 0.1) is 0 Å². The van der Waals surface area contributed by atoms with Gasteiger partial charge in [0, 0.05) is 6.92 Å². The maximum Gasteiger partial charge on any atom is 2.00 e. The maximum absolute atomic E-state index is 10.6. The van der Waals surface area contributed by atoms with E-state index in [-0.39, 0.29) is 57.4 Å². The fraction of sp³-hybridized carbons (Fsp3) is 0.111. The second-order valence-electron chi connectivity index (χ2n) is 2.39. The first-order valence-electron chi connectivity index (χ1n) is 3.62. The monoisotopic (exact) mass is 240 g/mol. The van der Waals surface area contributed by atoms with Crippen LogP contribution in [0.1, 0.15) is 20.1 Å². The van der Waals surface area contributed by atoms with Crippen molar-refractivity contribution < 1.29 is 27.8 Å². The number of hydrogen-bond acceptors (Lipinski definition) is 3. The molecule has 15 heavy (non-hydrogen) atoms. The van der Waals surface area contributed by atoms with Crippen molar-refractivity contribution in [1.29, 1.82) is 0 Å². The molecule has 3 N–H and O–H groups in total. The van der Waals surface area contributed by atoms with Crippen LogP contribution in [0.3, 0.4) is 0 Å². The zero-order valence-corrected chi connectivity index (χ0v) is 10.4. The maximum atomic E-state index is 10.6. The van der Waals surface area contributed by atoms with Crippen molar-refractivity contribution in [3.8, 4) is 5.75 Å². The van der Waals surface area contributed by atoms with Gasteiger partial charge in [-0.2, -0.15) is 0 Å². The minimum absolute atomic E-state index is 0. The molecule has 0 aromatic heterocycles. The SMILES string of the molecule is CC(=O)Oc1ccccc1C(=O)O.O.[Ca+2].[H-].[H-]. The molecule has 6 heteroatoms. The van der Waals surface area contributed by atoms with E-state index in [0.717, 1.165) is 0 Å². The summed E-state index contributed by atoms with van der Waals surface area (Å²) in [5.74, 6) is -1.58. The van der Waals surface area contributed by atoms with E-state index in [1.807, 2.05) is 0 Å². The summed E-state index contributed by atoms with van der Waals surface area (Å²) in [5, 5.41) is 8.69. The summed E-state index contributed by atoms with van der Waals surface area (Å²) in [6, 6.07) is 5.98. The summed E-state index contributed by atoms with van der Waals surface area (Å²) in [4.78, 5) is 21.2. The van der Waals surface area contributed by atoms with Crippen LogP contribution in [0, 0.1) is 0 Å². The van der Waals surface area contributed by atoms with Gasteiger partial charge in [-0.1, -0.05) is 12.1 Å². The van der Waals surface area contributed by atoms with E-state index >= 15 is 0 Å². The molecule has 0 atom stereocenters. The number of aromatic carboxylic acids is 1. The first-order chi connectivity index (χ1) is 6.11. The van der Waals surface area contributed by atoms with Gasteiger partial charge in [-0.25, -0.2) is 4.79 Å². The number of para-hydroxylation sites is 1. The molecule has 0 amide bonds. The van der Waals surface area contributed by atoms with Crippen molar-refractivity contribution in [3.63, 3.8) is 0 Å². The van der Waals surface area contributed by atoms with Gasteiger partial charge in [-0.15, -0.1) is 0 Å². The van der Waals surface area contributed by atoms with Gasteiger partial charge in [0.1, 0.15) is 11.3 Å². The Bertz CT molecular complexity index is 359. The molecule has 1 rings (SSSR count). The fourth-order valence-electron chi connectivity index (χ4n) is 0.887. The molecule has 0 heterocycles. The number of ether oxygens (including phenoxy) is 1. The number of carboxylic acids is 1. The first kappa shape index (κ1) is 16.8. The van der Waals surface area contributed by atoms with Crippen LogP contribution in [-0.2, 0) is 4.79 Å². The van der Waals surface area contributed by atoms with Crippen LogP contribution in [-0.4, -0.2) is 60.3 Å². The third-order valence-corrected chi connectivity index (χ3v) is 1.37. The summed E-state index contributed by atoms with van der Waals surface area (Å²) < 4.78 is 4.69. The molecule has 0 saturated heterocycles. The third-order valence-electron chi connectivity index (χ3n) is 1.37. The Morgan fingerprint density at radius 3 is 2.33 bits per heavy atom. The van der Waals surface area contributed by atoms with Gasteiger partial charge < -0.3 is 18.2 Å². The van der Waals surface area contributed by atoms with Crippen LogP contribution >= 0.6 is 0 Å². The van der Waals surface area contributed by atoms with Gasteiger partial charge in [0.25, 0.3) is 0 Å². The molecule has 0 saturated carbocycles. The molecular weight excluding hydrogens is 228 g/mol. The van der Waals surface area contributed by atoms with E-state index in [9.17, 15) is 9.59 Å².